The fourth-order valence-corrected chi connectivity index (χ4v) is 4.89. The van der Waals surface area contributed by atoms with Gasteiger partial charge >= 0.3 is 19.8 Å². The van der Waals surface area contributed by atoms with Crippen molar-refractivity contribution in [1.29, 1.82) is 0 Å². The first-order valence-electron chi connectivity index (χ1n) is 19.8. The molecule has 0 aromatic heterocycles. The Morgan fingerprint density at radius 1 is 0.545 bits per heavy atom. The zero-order chi connectivity index (χ0) is 40.5. The highest BCUT2D eigenvalue weighted by atomic mass is 31.2. The normalized spacial score (nSPS) is 13.7. The molecule has 0 heterocycles. The number of ether oxygens (including phenoxy) is 2. The highest BCUT2D eigenvalue weighted by Crippen LogP contribution is 2.35. The smallest absolute Gasteiger partial charge is 0.462 e. The third kappa shape index (κ3) is 41.1. The zero-order valence-electron chi connectivity index (χ0n) is 33.3. The van der Waals surface area contributed by atoms with Crippen molar-refractivity contribution < 1.29 is 42.7 Å². The minimum atomic E-state index is -4.84. The maximum atomic E-state index is 12.4. The Labute approximate surface area is 331 Å². The summed E-state index contributed by atoms with van der Waals surface area (Å²) in [5.41, 5.74) is 0. The molecular weight excluding hydrogens is 715 g/mol. The lowest BCUT2D eigenvalue weighted by molar-refractivity contribution is -0.161. The van der Waals surface area contributed by atoms with Gasteiger partial charge in [-0.1, -0.05) is 142 Å². The maximum Gasteiger partial charge on any atom is 0.469 e. The molecule has 0 radical (unpaired) electrons. The minimum absolute atomic E-state index is 0.0287. The van der Waals surface area contributed by atoms with Crippen molar-refractivity contribution in [3.8, 4) is 0 Å². The number of phosphoric acid groups is 1. The molecular formula is C45H67O9P. The lowest BCUT2D eigenvalue weighted by Crippen LogP contribution is -2.29. The van der Waals surface area contributed by atoms with E-state index in [0.717, 1.165) is 51.4 Å². The molecule has 10 heteroatoms. The molecule has 0 fully saturated rings. The molecule has 9 nitrogen and oxygen atoms in total. The van der Waals surface area contributed by atoms with Gasteiger partial charge in [0, 0.05) is 19.3 Å². The van der Waals surface area contributed by atoms with Crippen LogP contribution >= 0.6 is 7.82 Å². The van der Waals surface area contributed by atoms with Gasteiger partial charge < -0.3 is 19.3 Å². The van der Waals surface area contributed by atoms with Crippen LogP contribution in [0.1, 0.15) is 123 Å². The Balaban J connectivity index is 4.31. The molecule has 1 atom stereocenters. The number of allylic oxidation sites excluding steroid dienone is 20. The summed E-state index contributed by atoms with van der Waals surface area (Å²) in [5, 5.41) is 0. The van der Waals surface area contributed by atoms with E-state index in [9.17, 15) is 18.9 Å². The number of hydrogen-bond donors (Lipinski definition) is 2. The van der Waals surface area contributed by atoms with Crippen molar-refractivity contribution in [3.63, 3.8) is 0 Å². The number of phosphoric ester groups is 1. The van der Waals surface area contributed by atoms with Gasteiger partial charge in [-0.2, -0.15) is 0 Å². The van der Waals surface area contributed by atoms with Crippen molar-refractivity contribution in [2.45, 2.75) is 129 Å². The van der Waals surface area contributed by atoms with Crippen molar-refractivity contribution in [2.75, 3.05) is 13.2 Å². The largest absolute Gasteiger partial charge is 0.469 e. The lowest BCUT2D eigenvalue weighted by atomic mass is 10.1. The summed E-state index contributed by atoms with van der Waals surface area (Å²) in [7, 11) is -4.84. The average Bonchev–Trinajstić information content (AvgIpc) is 3.15. The standard InChI is InChI=1S/C45H67O9P/c1-3-5-7-9-11-13-15-17-18-19-20-21-22-24-26-28-30-32-34-38-45(48)54-43(41-53-55(49,50)51)40-52-44(47)39-35-37-42(46)36-33-31-29-27-25-23-16-14-12-10-8-6-4-2/h5,7,11-14,17-18,20-21,23-26,29-33,36,43H,3-4,6,8-10,15-16,19,22,27-28,34-35,37-41H2,1-2H3,(H2,49,50,51)/b7-5-,13-11-,14-12-,18-17-,21-20-,25-23-,26-24-,31-29-,32-30-,36-33+/t43-/m1/s1. The molecule has 55 heavy (non-hydrogen) atoms. The van der Waals surface area contributed by atoms with E-state index in [1.807, 2.05) is 30.4 Å². The predicted molar refractivity (Wildman–Crippen MR) is 225 cm³/mol. The average molecular weight is 783 g/mol. The van der Waals surface area contributed by atoms with Crippen LogP contribution in [0.5, 0.6) is 0 Å². The van der Waals surface area contributed by atoms with Crippen LogP contribution in [0, 0.1) is 0 Å². The van der Waals surface area contributed by atoms with E-state index in [1.165, 1.54) is 25.3 Å². The van der Waals surface area contributed by atoms with Crippen LogP contribution in [-0.2, 0) is 32.9 Å². The summed E-state index contributed by atoms with van der Waals surface area (Å²) in [4.78, 5) is 54.8. The van der Waals surface area contributed by atoms with E-state index >= 15 is 0 Å². The van der Waals surface area contributed by atoms with Gasteiger partial charge in [0.15, 0.2) is 11.9 Å². The summed E-state index contributed by atoms with van der Waals surface area (Å²) in [6.07, 6.45) is 52.2. The van der Waals surface area contributed by atoms with Crippen molar-refractivity contribution in [2.24, 2.45) is 0 Å². The molecule has 0 rings (SSSR count). The van der Waals surface area contributed by atoms with E-state index in [4.69, 9.17) is 19.3 Å². The molecule has 306 valence electrons. The minimum Gasteiger partial charge on any atom is -0.462 e. The molecule has 0 saturated carbocycles. The van der Waals surface area contributed by atoms with Gasteiger partial charge in [0.1, 0.15) is 6.61 Å². The van der Waals surface area contributed by atoms with E-state index in [-0.39, 0.29) is 31.5 Å². The van der Waals surface area contributed by atoms with Crippen LogP contribution in [-0.4, -0.2) is 46.8 Å². The van der Waals surface area contributed by atoms with Crippen LogP contribution in [0.15, 0.2) is 122 Å². The Morgan fingerprint density at radius 3 is 1.58 bits per heavy atom. The Kier molecular flexibility index (Phi) is 35.7. The highest BCUT2D eigenvalue weighted by Gasteiger charge is 2.22. The van der Waals surface area contributed by atoms with Gasteiger partial charge in [0.25, 0.3) is 0 Å². The quantitative estimate of drug-likeness (QED) is 0.0163. The van der Waals surface area contributed by atoms with Gasteiger partial charge in [-0.15, -0.1) is 0 Å². The molecule has 0 saturated heterocycles. The van der Waals surface area contributed by atoms with E-state index < -0.39 is 39.1 Å². The third-order valence-electron chi connectivity index (χ3n) is 7.45. The zero-order valence-corrected chi connectivity index (χ0v) is 34.2. The van der Waals surface area contributed by atoms with Crippen molar-refractivity contribution >= 4 is 25.5 Å². The van der Waals surface area contributed by atoms with E-state index in [1.54, 1.807) is 6.08 Å². The molecule has 0 aromatic carbocycles. The first-order chi connectivity index (χ1) is 26.7. The molecule has 0 bridgehead atoms. The van der Waals surface area contributed by atoms with Gasteiger partial charge in [-0.25, -0.2) is 4.57 Å². The van der Waals surface area contributed by atoms with Crippen molar-refractivity contribution in [3.05, 3.63) is 122 Å². The predicted octanol–water partition coefficient (Wildman–Crippen LogP) is 11.4. The fourth-order valence-electron chi connectivity index (χ4n) is 4.53. The van der Waals surface area contributed by atoms with Crippen LogP contribution in [0.4, 0.5) is 0 Å². The second-order valence-corrected chi connectivity index (χ2v) is 13.8. The number of hydrogen-bond acceptors (Lipinski definition) is 7. The molecule has 0 unspecified atom stereocenters. The molecule has 0 aliphatic rings. The van der Waals surface area contributed by atoms with Gasteiger partial charge in [-0.05, 0) is 83.1 Å². The van der Waals surface area contributed by atoms with Crippen LogP contribution in [0.2, 0.25) is 0 Å². The van der Waals surface area contributed by atoms with Crippen molar-refractivity contribution in [1.82, 2.24) is 0 Å². The van der Waals surface area contributed by atoms with Gasteiger partial charge in [0.2, 0.25) is 0 Å². The topological polar surface area (TPSA) is 136 Å². The Hall–Kier alpha value is -3.88. The van der Waals surface area contributed by atoms with E-state index in [0.29, 0.717) is 12.8 Å². The number of carbonyl (C=O) groups is 3. The van der Waals surface area contributed by atoms with Crippen LogP contribution < -0.4 is 0 Å². The highest BCUT2D eigenvalue weighted by molar-refractivity contribution is 7.46. The molecule has 0 amide bonds. The first-order valence-corrected chi connectivity index (χ1v) is 21.3. The number of rotatable bonds is 34. The summed E-state index contributed by atoms with van der Waals surface area (Å²) in [6.45, 7) is 3.24. The second kappa shape index (κ2) is 38.4. The maximum absolute atomic E-state index is 12.4. The molecule has 0 aromatic rings. The summed E-state index contributed by atoms with van der Waals surface area (Å²) in [6, 6.07) is 0. The van der Waals surface area contributed by atoms with Crippen LogP contribution in [0.3, 0.4) is 0 Å². The monoisotopic (exact) mass is 782 g/mol. The SMILES string of the molecule is CC/C=C\C/C=C\C/C=C\C/C=C\C/C=C\C/C=C\CCC(=O)O[C@H](COC(=O)CCCC(=O)/C=C/C=C\C/C=C\C/C=C\CCCCC)COP(=O)(O)O. The van der Waals surface area contributed by atoms with Gasteiger partial charge in [0.05, 0.1) is 6.61 Å². The lowest BCUT2D eigenvalue weighted by Gasteiger charge is -2.18. The first kappa shape index (κ1) is 51.1. The summed E-state index contributed by atoms with van der Waals surface area (Å²) in [5.74, 6) is -1.38. The molecule has 0 aliphatic heterocycles. The Morgan fingerprint density at radius 2 is 1.05 bits per heavy atom. The molecule has 0 spiro atoms. The summed E-state index contributed by atoms with van der Waals surface area (Å²) < 4.78 is 26.1. The fraction of sp³-hybridized carbons (Fsp3) is 0.489. The second-order valence-electron chi connectivity index (χ2n) is 12.6. The van der Waals surface area contributed by atoms with Gasteiger partial charge in [-0.3, -0.25) is 18.9 Å². The number of unbranched alkanes of at least 4 members (excludes halogenated alkanes) is 3. The number of esters is 2. The Bertz CT molecular complexity index is 1360. The molecule has 0 aliphatic carbocycles. The van der Waals surface area contributed by atoms with Crippen LogP contribution in [0.25, 0.3) is 0 Å². The number of carbonyl (C=O) groups excluding carboxylic acids is 3. The molecule has 2 N–H and O–H groups in total. The van der Waals surface area contributed by atoms with E-state index in [2.05, 4.69) is 97.4 Å². The summed E-state index contributed by atoms with van der Waals surface area (Å²) >= 11 is 0. The third-order valence-corrected chi connectivity index (χ3v) is 7.94. The number of ketones is 1.